The number of halogens is 2. The van der Waals surface area contributed by atoms with E-state index in [0.29, 0.717) is 24.2 Å². The van der Waals surface area contributed by atoms with Crippen LogP contribution < -0.4 is 4.90 Å². The van der Waals surface area contributed by atoms with Crippen LogP contribution in [0.4, 0.5) is 14.5 Å². The molecule has 4 rings (SSSR count). The van der Waals surface area contributed by atoms with Crippen LogP contribution in [0.1, 0.15) is 17.9 Å². The highest BCUT2D eigenvalue weighted by Crippen LogP contribution is 2.31. The van der Waals surface area contributed by atoms with Crippen molar-refractivity contribution in [1.29, 1.82) is 5.26 Å². The van der Waals surface area contributed by atoms with Crippen LogP contribution in [0, 0.1) is 17.2 Å². The average molecular weight is 344 g/mol. The van der Waals surface area contributed by atoms with E-state index in [-0.39, 0.29) is 18.4 Å². The summed E-state index contributed by atoms with van der Waals surface area (Å²) >= 11 is 0. The summed E-state index contributed by atoms with van der Waals surface area (Å²) in [6, 6.07) is 5.58. The Balaban J connectivity index is 1.68. The van der Waals surface area contributed by atoms with Crippen LogP contribution in [-0.4, -0.2) is 46.4 Å². The fourth-order valence-electron chi connectivity index (χ4n) is 3.27. The Morgan fingerprint density at radius 2 is 2.24 bits per heavy atom. The highest BCUT2D eigenvalue weighted by molar-refractivity contribution is 6.01. The van der Waals surface area contributed by atoms with E-state index >= 15 is 0 Å². The van der Waals surface area contributed by atoms with Crippen LogP contribution in [0.2, 0.25) is 0 Å². The van der Waals surface area contributed by atoms with Gasteiger partial charge in [0, 0.05) is 31.1 Å². The lowest BCUT2D eigenvalue weighted by Crippen LogP contribution is -2.27. The summed E-state index contributed by atoms with van der Waals surface area (Å²) < 4.78 is 27.1. The molecule has 2 aromatic rings. The maximum Gasteiger partial charge on any atom is 0.329 e. The van der Waals surface area contributed by atoms with Gasteiger partial charge in [-0.15, -0.1) is 0 Å². The Kier molecular flexibility index (Phi) is 3.60. The van der Waals surface area contributed by atoms with E-state index in [9.17, 15) is 13.6 Å². The topological polar surface area (TPSA) is 77.0 Å². The summed E-state index contributed by atoms with van der Waals surface area (Å²) in [4.78, 5) is 13.9. The standard InChI is InChI=1S/C16H14F2N6O/c17-16(18)24-9-12(7-21-24)11-5-14-13(1-3-20-23(14)8-11)22-4-2-10(6-19)15(22)25/h1,3,5,7-8,10,12,16H,2,4,9H2. The number of nitrogens with zero attached hydrogens (tertiary/aromatic N) is 6. The summed E-state index contributed by atoms with van der Waals surface area (Å²) in [5.74, 6) is -1.10. The van der Waals surface area contributed by atoms with E-state index in [4.69, 9.17) is 5.26 Å². The van der Waals surface area contributed by atoms with Gasteiger partial charge in [-0.25, -0.2) is 9.52 Å². The summed E-state index contributed by atoms with van der Waals surface area (Å²) in [5.41, 5.74) is 2.17. The second-order valence-corrected chi connectivity index (χ2v) is 6.05. The van der Waals surface area contributed by atoms with Crippen molar-refractivity contribution in [3.8, 4) is 6.07 Å². The molecule has 9 heteroatoms. The first-order chi connectivity index (χ1) is 12.1. The minimum Gasteiger partial charge on any atom is -0.309 e. The van der Waals surface area contributed by atoms with Crippen molar-refractivity contribution in [2.45, 2.75) is 18.9 Å². The molecule has 0 spiro atoms. The van der Waals surface area contributed by atoms with Gasteiger partial charge in [0.2, 0.25) is 5.91 Å². The summed E-state index contributed by atoms with van der Waals surface area (Å²) in [6.45, 7) is -2.05. The normalized spacial score (nSPS) is 23.2. The number of fused-ring (bicyclic) bond motifs is 1. The van der Waals surface area contributed by atoms with Crippen LogP contribution in [0.15, 0.2) is 29.6 Å². The van der Waals surface area contributed by atoms with Crippen molar-refractivity contribution >= 4 is 23.3 Å². The number of amides is 1. The fraction of sp³-hybridized carbons (Fsp3) is 0.375. The third-order valence-corrected chi connectivity index (χ3v) is 4.59. The minimum atomic E-state index is -2.63. The van der Waals surface area contributed by atoms with E-state index in [2.05, 4.69) is 10.2 Å². The van der Waals surface area contributed by atoms with Crippen molar-refractivity contribution < 1.29 is 13.6 Å². The lowest BCUT2D eigenvalue weighted by Gasteiger charge is -2.16. The first-order valence-corrected chi connectivity index (χ1v) is 7.85. The lowest BCUT2D eigenvalue weighted by molar-refractivity contribution is -0.118. The van der Waals surface area contributed by atoms with E-state index in [0.717, 1.165) is 10.6 Å². The van der Waals surface area contributed by atoms with Gasteiger partial charge in [0.15, 0.2) is 0 Å². The Bertz CT molecular complexity index is 902. The number of aromatic nitrogens is 2. The molecule has 128 valence electrons. The number of hydrogen-bond acceptors (Lipinski definition) is 5. The zero-order valence-corrected chi connectivity index (χ0v) is 13.1. The third-order valence-electron chi connectivity index (χ3n) is 4.59. The van der Waals surface area contributed by atoms with E-state index in [1.165, 1.54) is 6.21 Å². The van der Waals surface area contributed by atoms with Gasteiger partial charge in [-0.3, -0.25) is 4.79 Å². The lowest BCUT2D eigenvalue weighted by atomic mass is 10.0. The number of rotatable bonds is 3. The van der Waals surface area contributed by atoms with Gasteiger partial charge in [-0.1, -0.05) is 0 Å². The predicted molar refractivity (Wildman–Crippen MR) is 85.2 cm³/mol. The van der Waals surface area contributed by atoms with Gasteiger partial charge in [-0.2, -0.15) is 24.2 Å². The quantitative estimate of drug-likeness (QED) is 0.796. The molecule has 1 fully saturated rings. The predicted octanol–water partition coefficient (Wildman–Crippen LogP) is 1.82. The van der Waals surface area contributed by atoms with Gasteiger partial charge >= 0.3 is 6.55 Å². The second kappa shape index (κ2) is 5.81. The average Bonchev–Trinajstić information content (AvgIpc) is 3.31. The van der Waals surface area contributed by atoms with Crippen molar-refractivity contribution in [2.24, 2.45) is 11.0 Å². The maximum atomic E-state index is 12.7. The molecule has 2 aromatic heterocycles. The zero-order valence-electron chi connectivity index (χ0n) is 13.1. The molecule has 0 bridgehead atoms. The van der Waals surface area contributed by atoms with E-state index < -0.39 is 12.5 Å². The van der Waals surface area contributed by atoms with Crippen molar-refractivity contribution in [1.82, 2.24) is 14.6 Å². The van der Waals surface area contributed by atoms with Crippen LogP contribution in [-0.2, 0) is 4.79 Å². The first kappa shape index (κ1) is 15.5. The van der Waals surface area contributed by atoms with Crippen LogP contribution in [0.3, 0.4) is 0 Å². The third kappa shape index (κ3) is 2.50. The summed E-state index contributed by atoms with van der Waals surface area (Å²) in [7, 11) is 0. The number of carbonyl (C=O) groups excluding carboxylic acids is 1. The minimum absolute atomic E-state index is 0.100. The van der Waals surface area contributed by atoms with Crippen molar-refractivity contribution in [3.63, 3.8) is 0 Å². The maximum absolute atomic E-state index is 12.7. The van der Waals surface area contributed by atoms with Gasteiger partial charge in [0.25, 0.3) is 0 Å². The molecule has 1 amide bonds. The Morgan fingerprint density at radius 1 is 1.40 bits per heavy atom. The van der Waals surface area contributed by atoms with Gasteiger partial charge in [0.05, 0.1) is 23.8 Å². The van der Waals surface area contributed by atoms with Crippen LogP contribution in [0.5, 0.6) is 0 Å². The molecule has 2 aliphatic rings. The molecule has 25 heavy (non-hydrogen) atoms. The molecule has 2 aliphatic heterocycles. The number of nitriles is 1. The molecule has 2 atom stereocenters. The molecular formula is C16H14F2N6O. The number of anilines is 1. The fourth-order valence-corrected chi connectivity index (χ4v) is 3.27. The second-order valence-electron chi connectivity index (χ2n) is 6.05. The van der Waals surface area contributed by atoms with Gasteiger partial charge in [-0.05, 0) is 24.1 Å². The molecule has 0 aromatic carbocycles. The molecule has 1 saturated heterocycles. The summed E-state index contributed by atoms with van der Waals surface area (Å²) in [6.07, 6.45) is 5.32. The largest absolute Gasteiger partial charge is 0.329 e. The van der Waals surface area contributed by atoms with Crippen molar-refractivity contribution in [3.05, 3.63) is 30.1 Å². The number of carbonyl (C=O) groups is 1. The molecule has 0 N–H and O–H groups in total. The molecule has 0 aliphatic carbocycles. The molecule has 0 radical (unpaired) electrons. The van der Waals surface area contributed by atoms with E-state index in [1.807, 2.05) is 12.1 Å². The number of hydrogen-bond donors (Lipinski definition) is 0. The van der Waals surface area contributed by atoms with Crippen LogP contribution >= 0.6 is 0 Å². The monoisotopic (exact) mass is 344 g/mol. The Labute approximate surface area is 141 Å². The Hall–Kier alpha value is -3.02. The smallest absolute Gasteiger partial charge is 0.309 e. The van der Waals surface area contributed by atoms with Gasteiger partial charge in [0.1, 0.15) is 5.92 Å². The number of alkyl halides is 2. The molecule has 7 nitrogen and oxygen atoms in total. The highest BCUT2D eigenvalue weighted by Gasteiger charge is 2.34. The summed E-state index contributed by atoms with van der Waals surface area (Å²) in [5, 5.41) is 17.7. The van der Waals surface area contributed by atoms with E-state index in [1.54, 1.807) is 27.9 Å². The highest BCUT2D eigenvalue weighted by atomic mass is 19.3. The number of hydrazone groups is 1. The first-order valence-electron chi connectivity index (χ1n) is 7.85. The zero-order chi connectivity index (χ0) is 17.6. The molecule has 4 heterocycles. The molecule has 0 saturated carbocycles. The SMILES string of the molecule is N#CC1CCN(c2ccnn3cc(C4C=NN(C(F)F)C4)cc23)C1=O. The molecular weight excluding hydrogens is 330 g/mol. The van der Waals surface area contributed by atoms with Crippen molar-refractivity contribution in [2.75, 3.05) is 18.0 Å². The Morgan fingerprint density at radius 3 is 2.92 bits per heavy atom. The molecule has 2 unspecified atom stereocenters. The van der Waals surface area contributed by atoms with Crippen LogP contribution in [0.25, 0.3) is 5.52 Å². The van der Waals surface area contributed by atoms with Gasteiger partial charge < -0.3 is 4.90 Å².